The summed E-state index contributed by atoms with van der Waals surface area (Å²) in [5, 5.41) is 9.36. The number of benzene rings is 1. The quantitative estimate of drug-likeness (QED) is 0.927. The third-order valence-corrected chi connectivity index (χ3v) is 4.71. The molecule has 2 aromatic rings. The SMILES string of the molecule is CNCC1(Cc2nn(C)c3ccccc23)CCOC1C. The molecule has 1 aliphatic heterocycles. The van der Waals surface area contributed by atoms with Crippen LogP contribution in [-0.2, 0) is 18.2 Å². The molecule has 0 bridgehead atoms. The number of fused-ring (bicyclic) bond motifs is 1. The number of aryl methyl sites for hydroxylation is 1. The lowest BCUT2D eigenvalue weighted by Gasteiger charge is -2.31. The van der Waals surface area contributed by atoms with Gasteiger partial charge in [-0.2, -0.15) is 5.10 Å². The summed E-state index contributed by atoms with van der Waals surface area (Å²) in [6.07, 6.45) is 2.34. The molecule has 2 unspecified atom stereocenters. The van der Waals surface area contributed by atoms with Gasteiger partial charge in [-0.1, -0.05) is 18.2 Å². The highest BCUT2D eigenvalue weighted by Crippen LogP contribution is 2.38. The van der Waals surface area contributed by atoms with Gasteiger partial charge >= 0.3 is 0 Å². The van der Waals surface area contributed by atoms with E-state index in [1.807, 2.05) is 18.8 Å². The van der Waals surface area contributed by atoms with Crippen molar-refractivity contribution in [3.63, 3.8) is 0 Å². The van der Waals surface area contributed by atoms with Gasteiger partial charge in [0.1, 0.15) is 0 Å². The molecule has 1 N–H and O–H groups in total. The summed E-state index contributed by atoms with van der Waals surface area (Å²) in [6.45, 7) is 4.02. The zero-order valence-electron chi connectivity index (χ0n) is 12.5. The Hall–Kier alpha value is -1.39. The van der Waals surface area contributed by atoms with Gasteiger partial charge in [0.15, 0.2) is 0 Å². The first-order chi connectivity index (χ1) is 9.66. The van der Waals surface area contributed by atoms with Crippen molar-refractivity contribution in [3.8, 4) is 0 Å². The number of rotatable bonds is 4. The Labute approximate surface area is 120 Å². The van der Waals surface area contributed by atoms with Gasteiger partial charge in [0.2, 0.25) is 0 Å². The maximum atomic E-state index is 5.84. The van der Waals surface area contributed by atoms with E-state index in [2.05, 4.69) is 36.5 Å². The molecule has 4 heteroatoms. The topological polar surface area (TPSA) is 39.1 Å². The van der Waals surface area contributed by atoms with E-state index in [4.69, 9.17) is 9.84 Å². The highest BCUT2D eigenvalue weighted by Gasteiger charge is 2.41. The molecule has 1 fully saturated rings. The van der Waals surface area contributed by atoms with Gasteiger partial charge in [0.05, 0.1) is 17.3 Å². The molecule has 0 aliphatic carbocycles. The Bertz CT molecular complexity index is 607. The second kappa shape index (κ2) is 5.19. The molecule has 1 aromatic carbocycles. The van der Waals surface area contributed by atoms with Gasteiger partial charge in [-0.25, -0.2) is 0 Å². The molecule has 2 heterocycles. The van der Waals surface area contributed by atoms with Crippen molar-refractivity contribution in [1.29, 1.82) is 0 Å². The van der Waals surface area contributed by atoms with Crippen LogP contribution in [0.1, 0.15) is 19.0 Å². The molecule has 0 amide bonds. The fourth-order valence-electron chi connectivity index (χ4n) is 3.45. The van der Waals surface area contributed by atoms with Crippen molar-refractivity contribution in [2.45, 2.75) is 25.9 Å². The van der Waals surface area contributed by atoms with Crippen molar-refractivity contribution in [3.05, 3.63) is 30.0 Å². The Morgan fingerprint density at radius 2 is 2.25 bits per heavy atom. The van der Waals surface area contributed by atoms with Crippen molar-refractivity contribution < 1.29 is 4.74 Å². The normalized spacial score (nSPS) is 26.4. The maximum Gasteiger partial charge on any atom is 0.0710 e. The molecular formula is C16H23N3O. The van der Waals surface area contributed by atoms with Crippen molar-refractivity contribution in [2.75, 3.05) is 20.2 Å². The number of ether oxygens (including phenoxy) is 1. The molecule has 0 radical (unpaired) electrons. The summed E-state index contributed by atoms with van der Waals surface area (Å²) in [4.78, 5) is 0. The van der Waals surface area contributed by atoms with Crippen LogP contribution in [0.5, 0.6) is 0 Å². The third kappa shape index (κ3) is 2.13. The molecule has 4 nitrogen and oxygen atoms in total. The lowest BCUT2D eigenvalue weighted by atomic mass is 9.77. The molecule has 0 spiro atoms. The van der Waals surface area contributed by atoms with Crippen LogP contribution in [0, 0.1) is 5.41 Å². The van der Waals surface area contributed by atoms with E-state index in [1.165, 1.54) is 16.6 Å². The van der Waals surface area contributed by atoms with E-state index in [9.17, 15) is 0 Å². The monoisotopic (exact) mass is 273 g/mol. The molecule has 20 heavy (non-hydrogen) atoms. The van der Waals surface area contributed by atoms with Gasteiger partial charge in [0.25, 0.3) is 0 Å². The number of hydrogen-bond acceptors (Lipinski definition) is 3. The zero-order valence-corrected chi connectivity index (χ0v) is 12.5. The predicted molar refractivity (Wildman–Crippen MR) is 80.8 cm³/mol. The number of nitrogens with zero attached hydrogens (tertiary/aromatic N) is 2. The van der Waals surface area contributed by atoms with E-state index in [-0.39, 0.29) is 11.5 Å². The summed E-state index contributed by atoms with van der Waals surface area (Å²) < 4.78 is 7.82. The minimum atomic E-state index is 0.159. The highest BCUT2D eigenvalue weighted by atomic mass is 16.5. The standard InChI is InChI=1S/C16H23N3O/c1-12-16(11-17-2,8-9-20-12)10-14-13-6-4-5-7-15(13)19(3)18-14/h4-7,12,17H,8-11H2,1-3H3. The van der Waals surface area contributed by atoms with E-state index in [1.54, 1.807) is 0 Å². The van der Waals surface area contributed by atoms with Crippen LogP contribution >= 0.6 is 0 Å². The van der Waals surface area contributed by atoms with E-state index < -0.39 is 0 Å². The fourth-order valence-corrected chi connectivity index (χ4v) is 3.45. The highest BCUT2D eigenvalue weighted by molar-refractivity contribution is 5.81. The van der Waals surface area contributed by atoms with Crippen LogP contribution in [0.2, 0.25) is 0 Å². The zero-order chi connectivity index (χ0) is 14.2. The summed E-state index contributed by atoms with van der Waals surface area (Å²) in [5.41, 5.74) is 2.55. The van der Waals surface area contributed by atoms with Crippen LogP contribution in [0.4, 0.5) is 0 Å². The van der Waals surface area contributed by atoms with Crippen molar-refractivity contribution in [1.82, 2.24) is 15.1 Å². The minimum absolute atomic E-state index is 0.159. The summed E-state index contributed by atoms with van der Waals surface area (Å²) in [6, 6.07) is 8.46. The molecule has 1 aliphatic rings. The largest absolute Gasteiger partial charge is 0.378 e. The van der Waals surface area contributed by atoms with Crippen LogP contribution < -0.4 is 5.32 Å². The summed E-state index contributed by atoms with van der Waals surface area (Å²) >= 11 is 0. The molecule has 108 valence electrons. The number of para-hydroxylation sites is 1. The lowest BCUT2D eigenvalue weighted by molar-refractivity contribution is 0.0636. The van der Waals surface area contributed by atoms with Crippen LogP contribution in [-0.4, -0.2) is 36.1 Å². The summed E-state index contributed by atoms with van der Waals surface area (Å²) in [5.74, 6) is 0. The first-order valence-corrected chi connectivity index (χ1v) is 7.33. The number of hydrogen-bond donors (Lipinski definition) is 1. The average Bonchev–Trinajstić information content (AvgIpc) is 2.94. The Morgan fingerprint density at radius 3 is 2.95 bits per heavy atom. The second-order valence-corrected chi connectivity index (χ2v) is 5.92. The van der Waals surface area contributed by atoms with E-state index in [0.717, 1.165) is 26.0 Å². The molecule has 1 saturated heterocycles. The first-order valence-electron chi connectivity index (χ1n) is 7.33. The Balaban J connectivity index is 1.99. The number of aromatic nitrogens is 2. The van der Waals surface area contributed by atoms with E-state index in [0.29, 0.717) is 0 Å². The van der Waals surface area contributed by atoms with Crippen molar-refractivity contribution >= 4 is 10.9 Å². The van der Waals surface area contributed by atoms with Crippen molar-refractivity contribution in [2.24, 2.45) is 12.5 Å². The van der Waals surface area contributed by atoms with Gasteiger partial charge in [-0.05, 0) is 26.5 Å². The number of nitrogens with one attached hydrogen (secondary N) is 1. The first kappa shape index (κ1) is 13.6. The van der Waals surface area contributed by atoms with Gasteiger partial charge in [-0.3, -0.25) is 4.68 Å². The molecule has 3 rings (SSSR count). The third-order valence-electron chi connectivity index (χ3n) is 4.71. The van der Waals surface area contributed by atoms with Crippen LogP contribution in [0.25, 0.3) is 10.9 Å². The Morgan fingerprint density at radius 1 is 1.45 bits per heavy atom. The Kier molecular flexibility index (Phi) is 3.52. The lowest BCUT2D eigenvalue weighted by Crippen LogP contribution is -2.40. The summed E-state index contributed by atoms with van der Waals surface area (Å²) in [7, 11) is 4.04. The molecule has 2 atom stereocenters. The maximum absolute atomic E-state index is 5.84. The average molecular weight is 273 g/mol. The fraction of sp³-hybridized carbons (Fsp3) is 0.562. The molecular weight excluding hydrogens is 250 g/mol. The molecule has 0 saturated carbocycles. The second-order valence-electron chi connectivity index (χ2n) is 5.92. The van der Waals surface area contributed by atoms with Crippen LogP contribution in [0.3, 0.4) is 0 Å². The van der Waals surface area contributed by atoms with Gasteiger partial charge in [-0.15, -0.1) is 0 Å². The van der Waals surface area contributed by atoms with Gasteiger partial charge < -0.3 is 10.1 Å². The van der Waals surface area contributed by atoms with Gasteiger partial charge in [0, 0.05) is 37.4 Å². The minimum Gasteiger partial charge on any atom is -0.378 e. The molecule has 1 aromatic heterocycles. The predicted octanol–water partition coefficient (Wildman–Crippen LogP) is 2.13. The van der Waals surface area contributed by atoms with Crippen LogP contribution in [0.15, 0.2) is 24.3 Å². The smallest absolute Gasteiger partial charge is 0.0710 e. The van der Waals surface area contributed by atoms with E-state index >= 15 is 0 Å².